The first kappa shape index (κ1) is 14.9. The normalized spacial score (nSPS) is 15.9. The smallest absolute Gasteiger partial charge is 0.320 e. The van der Waals surface area contributed by atoms with Crippen molar-refractivity contribution >= 4 is 11.7 Å². The maximum absolute atomic E-state index is 11.2. The van der Waals surface area contributed by atoms with Crippen LogP contribution in [0.3, 0.4) is 0 Å². The van der Waals surface area contributed by atoms with Crippen LogP contribution in [0.15, 0.2) is 24.3 Å². The summed E-state index contributed by atoms with van der Waals surface area (Å²) in [7, 11) is 2.01. The molecule has 0 bridgehead atoms. The first-order valence-corrected chi connectivity index (χ1v) is 7.39. The quantitative estimate of drug-likeness (QED) is 0.765. The summed E-state index contributed by atoms with van der Waals surface area (Å²) in [4.78, 5) is 13.3. The Morgan fingerprint density at radius 1 is 1.40 bits per heavy atom. The lowest BCUT2D eigenvalue weighted by Gasteiger charge is -2.22. The number of carboxylic acid groups (broad SMARTS) is 1. The third-order valence-corrected chi connectivity index (χ3v) is 3.85. The molecule has 1 aromatic rings. The van der Waals surface area contributed by atoms with Crippen LogP contribution >= 0.6 is 0 Å². The molecule has 1 aliphatic carbocycles. The second-order valence-electron chi connectivity index (χ2n) is 5.56. The number of nitrogens with zero attached hydrogens (tertiary/aromatic N) is 1. The van der Waals surface area contributed by atoms with E-state index in [-0.39, 0.29) is 0 Å². The number of nitrogens with one attached hydrogen (secondary N) is 1. The highest BCUT2D eigenvalue weighted by Crippen LogP contribution is 2.20. The van der Waals surface area contributed by atoms with Crippen molar-refractivity contribution in [2.75, 3.05) is 18.5 Å². The molecule has 0 spiro atoms. The number of aliphatic carboxylic acids is 1. The largest absolute Gasteiger partial charge is 0.480 e. The van der Waals surface area contributed by atoms with Gasteiger partial charge in [0, 0.05) is 25.3 Å². The predicted octanol–water partition coefficient (Wildman–Crippen LogP) is 2.28. The van der Waals surface area contributed by atoms with Crippen LogP contribution in [-0.4, -0.2) is 36.8 Å². The number of benzene rings is 1. The predicted molar refractivity (Wildman–Crippen MR) is 81.3 cm³/mol. The minimum atomic E-state index is -0.744. The molecular weight excluding hydrogens is 252 g/mol. The average Bonchev–Trinajstić information content (AvgIpc) is 3.27. The molecule has 0 amide bonds. The fourth-order valence-corrected chi connectivity index (χ4v) is 2.25. The van der Waals surface area contributed by atoms with E-state index < -0.39 is 12.0 Å². The van der Waals surface area contributed by atoms with Crippen molar-refractivity contribution in [3.05, 3.63) is 29.8 Å². The molecular formula is C16H24N2O2. The third kappa shape index (κ3) is 4.23. The molecule has 0 saturated heterocycles. The summed E-state index contributed by atoms with van der Waals surface area (Å²) in [5.41, 5.74) is 2.46. The van der Waals surface area contributed by atoms with Gasteiger partial charge < -0.3 is 15.3 Å². The number of carbonyl (C=O) groups is 1. The molecule has 1 fully saturated rings. The number of hydrogen-bond donors (Lipinski definition) is 2. The fraction of sp³-hybridized carbons (Fsp3) is 0.562. The van der Waals surface area contributed by atoms with E-state index in [2.05, 4.69) is 41.4 Å². The van der Waals surface area contributed by atoms with Crippen molar-refractivity contribution < 1.29 is 9.90 Å². The van der Waals surface area contributed by atoms with Crippen LogP contribution < -0.4 is 10.2 Å². The van der Waals surface area contributed by atoms with Gasteiger partial charge in [0.25, 0.3) is 0 Å². The summed E-state index contributed by atoms with van der Waals surface area (Å²) >= 11 is 0. The zero-order valence-electron chi connectivity index (χ0n) is 12.3. The standard InChI is InChI=1S/C16H24N2O2/c1-3-12-4-8-14(9-5-12)18(2)11-10-15(16(19)20)17-13-6-7-13/h4-5,8-9,13,15,17H,3,6-7,10-11H2,1-2H3,(H,19,20). The number of rotatable bonds is 8. The molecule has 1 aliphatic rings. The second kappa shape index (κ2) is 6.75. The topological polar surface area (TPSA) is 52.6 Å². The molecule has 1 aromatic carbocycles. The molecule has 110 valence electrons. The summed E-state index contributed by atoms with van der Waals surface area (Å²) in [6.07, 6.45) is 3.88. The zero-order valence-corrected chi connectivity index (χ0v) is 12.3. The van der Waals surface area contributed by atoms with Gasteiger partial charge in [-0.3, -0.25) is 4.79 Å². The molecule has 1 saturated carbocycles. The average molecular weight is 276 g/mol. The Hall–Kier alpha value is -1.55. The Balaban J connectivity index is 1.85. The fourth-order valence-electron chi connectivity index (χ4n) is 2.25. The van der Waals surface area contributed by atoms with Gasteiger partial charge in [-0.1, -0.05) is 19.1 Å². The van der Waals surface area contributed by atoms with E-state index in [0.717, 1.165) is 31.5 Å². The summed E-state index contributed by atoms with van der Waals surface area (Å²) in [6, 6.07) is 8.45. The van der Waals surface area contributed by atoms with Gasteiger partial charge in [-0.15, -0.1) is 0 Å². The van der Waals surface area contributed by atoms with Crippen molar-refractivity contribution in [2.24, 2.45) is 0 Å². The molecule has 1 unspecified atom stereocenters. The van der Waals surface area contributed by atoms with Crippen molar-refractivity contribution in [3.63, 3.8) is 0 Å². The maximum atomic E-state index is 11.2. The van der Waals surface area contributed by atoms with Crippen molar-refractivity contribution in [1.82, 2.24) is 5.32 Å². The lowest BCUT2D eigenvalue weighted by Crippen LogP contribution is -2.40. The molecule has 4 heteroatoms. The van der Waals surface area contributed by atoms with Gasteiger partial charge in [-0.25, -0.2) is 0 Å². The van der Waals surface area contributed by atoms with Crippen LogP contribution in [0.25, 0.3) is 0 Å². The van der Waals surface area contributed by atoms with E-state index in [1.54, 1.807) is 0 Å². The first-order chi connectivity index (χ1) is 9.60. The van der Waals surface area contributed by atoms with Crippen molar-refractivity contribution in [3.8, 4) is 0 Å². The van der Waals surface area contributed by atoms with Gasteiger partial charge in [-0.05, 0) is 43.4 Å². The van der Waals surface area contributed by atoms with Crippen LogP contribution in [0, 0.1) is 0 Å². The lowest BCUT2D eigenvalue weighted by molar-refractivity contribution is -0.139. The summed E-state index contributed by atoms with van der Waals surface area (Å²) < 4.78 is 0. The molecule has 0 radical (unpaired) electrons. The minimum Gasteiger partial charge on any atom is -0.480 e. The zero-order chi connectivity index (χ0) is 14.5. The highest BCUT2D eigenvalue weighted by atomic mass is 16.4. The van der Waals surface area contributed by atoms with E-state index in [4.69, 9.17) is 0 Å². The van der Waals surface area contributed by atoms with E-state index in [1.165, 1.54) is 5.56 Å². The third-order valence-electron chi connectivity index (χ3n) is 3.85. The monoisotopic (exact) mass is 276 g/mol. The first-order valence-electron chi connectivity index (χ1n) is 7.39. The van der Waals surface area contributed by atoms with Crippen LogP contribution in [0.1, 0.15) is 31.7 Å². The molecule has 1 atom stereocenters. The molecule has 0 heterocycles. The van der Waals surface area contributed by atoms with Crippen LogP contribution in [0.2, 0.25) is 0 Å². The van der Waals surface area contributed by atoms with Crippen molar-refractivity contribution in [2.45, 2.75) is 44.7 Å². The molecule has 20 heavy (non-hydrogen) atoms. The van der Waals surface area contributed by atoms with Crippen LogP contribution in [0.4, 0.5) is 5.69 Å². The lowest BCUT2D eigenvalue weighted by atomic mass is 10.1. The van der Waals surface area contributed by atoms with Gasteiger partial charge in [0.15, 0.2) is 0 Å². The van der Waals surface area contributed by atoms with Gasteiger partial charge in [0.2, 0.25) is 0 Å². The van der Waals surface area contributed by atoms with Crippen LogP contribution in [-0.2, 0) is 11.2 Å². The Kier molecular flexibility index (Phi) is 5.01. The van der Waals surface area contributed by atoms with Crippen molar-refractivity contribution in [1.29, 1.82) is 0 Å². The molecule has 2 rings (SSSR count). The van der Waals surface area contributed by atoms with E-state index >= 15 is 0 Å². The molecule has 0 aromatic heterocycles. The summed E-state index contributed by atoms with van der Waals surface area (Å²) in [5.74, 6) is -0.744. The Labute approximate surface area is 120 Å². The SMILES string of the molecule is CCc1ccc(N(C)CCC(NC2CC2)C(=O)O)cc1. The number of hydrogen-bond acceptors (Lipinski definition) is 3. The number of aryl methyl sites for hydroxylation is 1. The summed E-state index contributed by atoms with van der Waals surface area (Å²) in [5, 5.41) is 12.4. The number of carboxylic acids is 1. The van der Waals surface area contributed by atoms with E-state index in [1.807, 2.05) is 7.05 Å². The molecule has 0 aliphatic heterocycles. The Morgan fingerprint density at radius 3 is 2.55 bits per heavy atom. The number of anilines is 1. The van der Waals surface area contributed by atoms with Gasteiger partial charge in [-0.2, -0.15) is 0 Å². The van der Waals surface area contributed by atoms with Gasteiger partial charge in [0.1, 0.15) is 6.04 Å². The summed E-state index contributed by atoms with van der Waals surface area (Å²) in [6.45, 7) is 2.88. The highest BCUT2D eigenvalue weighted by molar-refractivity contribution is 5.73. The van der Waals surface area contributed by atoms with E-state index in [0.29, 0.717) is 12.5 Å². The van der Waals surface area contributed by atoms with Gasteiger partial charge >= 0.3 is 5.97 Å². The highest BCUT2D eigenvalue weighted by Gasteiger charge is 2.28. The molecule has 2 N–H and O–H groups in total. The Bertz CT molecular complexity index is 440. The van der Waals surface area contributed by atoms with Crippen LogP contribution in [0.5, 0.6) is 0 Å². The van der Waals surface area contributed by atoms with Gasteiger partial charge in [0.05, 0.1) is 0 Å². The second-order valence-corrected chi connectivity index (χ2v) is 5.56. The maximum Gasteiger partial charge on any atom is 0.320 e. The van der Waals surface area contributed by atoms with E-state index in [9.17, 15) is 9.90 Å². The molecule has 4 nitrogen and oxygen atoms in total. The Morgan fingerprint density at radius 2 is 2.05 bits per heavy atom. The minimum absolute atomic E-state index is 0.422.